The van der Waals surface area contributed by atoms with E-state index in [2.05, 4.69) is 5.32 Å². The van der Waals surface area contributed by atoms with Crippen LogP contribution in [0.5, 0.6) is 0 Å². The second-order valence-corrected chi connectivity index (χ2v) is 5.61. The van der Waals surface area contributed by atoms with Crippen molar-refractivity contribution in [1.82, 2.24) is 15.1 Å². The minimum absolute atomic E-state index is 0.136. The van der Waals surface area contributed by atoms with Gasteiger partial charge < -0.3 is 15.1 Å². The van der Waals surface area contributed by atoms with Crippen LogP contribution < -0.4 is 5.32 Å². The molecule has 0 bridgehead atoms. The van der Waals surface area contributed by atoms with Gasteiger partial charge in [0.15, 0.2) is 0 Å². The standard InChI is InChI=1S/C13H21N3O2/c17-12-9-15(8-10-4-3-6-14-10)13(18)11-5-1-2-7-16(11)12/h10-11,14H,1-9H2. The summed E-state index contributed by atoms with van der Waals surface area (Å²) in [5.41, 5.74) is 0. The molecule has 0 aromatic heterocycles. The van der Waals surface area contributed by atoms with Crippen LogP contribution >= 0.6 is 0 Å². The number of amides is 2. The van der Waals surface area contributed by atoms with Gasteiger partial charge in [0.25, 0.3) is 0 Å². The molecule has 5 nitrogen and oxygen atoms in total. The van der Waals surface area contributed by atoms with E-state index < -0.39 is 0 Å². The molecule has 0 spiro atoms. The molecule has 3 aliphatic rings. The van der Waals surface area contributed by atoms with Gasteiger partial charge >= 0.3 is 0 Å². The number of rotatable bonds is 2. The molecule has 3 heterocycles. The first kappa shape index (κ1) is 12.0. The summed E-state index contributed by atoms with van der Waals surface area (Å²) in [6.07, 6.45) is 5.25. The molecule has 2 amide bonds. The third-order valence-corrected chi connectivity index (χ3v) is 4.35. The zero-order chi connectivity index (χ0) is 12.5. The topological polar surface area (TPSA) is 52.7 Å². The minimum Gasteiger partial charge on any atom is -0.330 e. The van der Waals surface area contributed by atoms with Crippen LogP contribution in [0.3, 0.4) is 0 Å². The molecule has 3 aliphatic heterocycles. The van der Waals surface area contributed by atoms with Gasteiger partial charge in [0.2, 0.25) is 11.8 Å². The molecule has 3 fully saturated rings. The Labute approximate surface area is 107 Å². The van der Waals surface area contributed by atoms with Crippen LogP contribution in [-0.2, 0) is 9.59 Å². The normalized spacial score (nSPS) is 32.9. The van der Waals surface area contributed by atoms with Crippen LogP contribution in [0.4, 0.5) is 0 Å². The Balaban J connectivity index is 1.68. The van der Waals surface area contributed by atoms with E-state index in [9.17, 15) is 9.59 Å². The first-order chi connectivity index (χ1) is 8.75. The fourth-order valence-electron chi connectivity index (χ4n) is 3.36. The van der Waals surface area contributed by atoms with E-state index in [-0.39, 0.29) is 24.4 Å². The Morgan fingerprint density at radius 3 is 2.83 bits per heavy atom. The van der Waals surface area contributed by atoms with E-state index in [0.29, 0.717) is 12.6 Å². The van der Waals surface area contributed by atoms with Crippen LogP contribution in [-0.4, -0.2) is 59.9 Å². The van der Waals surface area contributed by atoms with Crippen molar-refractivity contribution in [2.24, 2.45) is 0 Å². The smallest absolute Gasteiger partial charge is 0.245 e. The number of carbonyl (C=O) groups is 2. The maximum atomic E-state index is 12.4. The van der Waals surface area contributed by atoms with Gasteiger partial charge in [0, 0.05) is 19.1 Å². The summed E-state index contributed by atoms with van der Waals surface area (Å²) >= 11 is 0. The van der Waals surface area contributed by atoms with E-state index in [0.717, 1.165) is 38.8 Å². The highest BCUT2D eigenvalue weighted by atomic mass is 16.2. The van der Waals surface area contributed by atoms with E-state index in [1.165, 1.54) is 6.42 Å². The number of fused-ring (bicyclic) bond motifs is 1. The molecule has 0 aliphatic carbocycles. The maximum absolute atomic E-state index is 12.4. The van der Waals surface area contributed by atoms with E-state index in [1.54, 1.807) is 9.80 Å². The lowest BCUT2D eigenvalue weighted by Crippen LogP contribution is -2.62. The summed E-state index contributed by atoms with van der Waals surface area (Å²) in [6.45, 7) is 2.80. The minimum atomic E-state index is -0.165. The fraction of sp³-hybridized carbons (Fsp3) is 0.846. The van der Waals surface area contributed by atoms with Gasteiger partial charge in [-0.05, 0) is 38.6 Å². The van der Waals surface area contributed by atoms with Crippen molar-refractivity contribution < 1.29 is 9.59 Å². The summed E-state index contributed by atoms with van der Waals surface area (Å²) in [5.74, 6) is 0.306. The molecule has 0 saturated carbocycles. The zero-order valence-corrected chi connectivity index (χ0v) is 10.7. The number of nitrogens with one attached hydrogen (secondary N) is 1. The van der Waals surface area contributed by atoms with Gasteiger partial charge in [0.1, 0.15) is 6.04 Å². The molecule has 3 rings (SSSR count). The Bertz CT molecular complexity index is 352. The summed E-state index contributed by atoms with van der Waals surface area (Å²) in [6, 6.07) is 0.221. The van der Waals surface area contributed by atoms with Crippen molar-refractivity contribution in [1.29, 1.82) is 0 Å². The van der Waals surface area contributed by atoms with Crippen molar-refractivity contribution in [2.45, 2.75) is 44.2 Å². The fourth-order valence-corrected chi connectivity index (χ4v) is 3.36. The van der Waals surface area contributed by atoms with Gasteiger partial charge in [-0.2, -0.15) is 0 Å². The van der Waals surface area contributed by atoms with Gasteiger partial charge in [-0.1, -0.05) is 0 Å². The summed E-state index contributed by atoms with van der Waals surface area (Å²) < 4.78 is 0. The van der Waals surface area contributed by atoms with E-state index in [1.807, 2.05) is 0 Å². The summed E-state index contributed by atoms with van der Waals surface area (Å²) in [4.78, 5) is 28.0. The van der Waals surface area contributed by atoms with Gasteiger partial charge in [0.05, 0.1) is 6.54 Å². The Kier molecular flexibility index (Phi) is 3.24. The zero-order valence-electron chi connectivity index (χ0n) is 10.7. The maximum Gasteiger partial charge on any atom is 0.245 e. The molecule has 3 saturated heterocycles. The number of hydrogen-bond acceptors (Lipinski definition) is 3. The lowest BCUT2D eigenvalue weighted by atomic mass is 9.98. The lowest BCUT2D eigenvalue weighted by molar-refractivity contribution is -0.158. The number of piperidine rings is 1. The SMILES string of the molecule is O=C1C2CCCCN2C(=O)CN1CC1CCCN1. The predicted molar refractivity (Wildman–Crippen MR) is 67.0 cm³/mol. The van der Waals surface area contributed by atoms with Crippen LogP contribution in [0, 0.1) is 0 Å². The van der Waals surface area contributed by atoms with Gasteiger partial charge in [-0.15, -0.1) is 0 Å². The average molecular weight is 251 g/mol. The Hall–Kier alpha value is -1.10. The Morgan fingerprint density at radius 2 is 2.06 bits per heavy atom. The van der Waals surface area contributed by atoms with Crippen molar-refractivity contribution in [3.8, 4) is 0 Å². The predicted octanol–water partition coefficient (Wildman–Crippen LogP) is -0.0383. The van der Waals surface area contributed by atoms with Crippen LogP contribution in [0.25, 0.3) is 0 Å². The Morgan fingerprint density at radius 1 is 1.17 bits per heavy atom. The van der Waals surface area contributed by atoms with E-state index >= 15 is 0 Å². The lowest BCUT2D eigenvalue weighted by Gasteiger charge is -2.43. The van der Waals surface area contributed by atoms with E-state index in [4.69, 9.17) is 0 Å². The highest BCUT2D eigenvalue weighted by Gasteiger charge is 2.40. The molecule has 0 radical (unpaired) electrons. The molecule has 5 heteroatoms. The molecule has 0 aromatic carbocycles. The summed E-state index contributed by atoms with van der Waals surface area (Å²) in [7, 11) is 0. The third-order valence-electron chi connectivity index (χ3n) is 4.35. The van der Waals surface area contributed by atoms with Crippen molar-refractivity contribution in [3.05, 3.63) is 0 Å². The number of piperazine rings is 1. The van der Waals surface area contributed by atoms with Gasteiger partial charge in [-0.25, -0.2) is 0 Å². The first-order valence-corrected chi connectivity index (χ1v) is 7.07. The number of carbonyl (C=O) groups excluding carboxylic acids is 2. The number of hydrogen-bond donors (Lipinski definition) is 1. The number of nitrogens with zero attached hydrogens (tertiary/aromatic N) is 2. The molecular weight excluding hydrogens is 230 g/mol. The second-order valence-electron chi connectivity index (χ2n) is 5.61. The van der Waals surface area contributed by atoms with Crippen molar-refractivity contribution >= 4 is 11.8 Å². The molecule has 0 aromatic rings. The van der Waals surface area contributed by atoms with Gasteiger partial charge in [-0.3, -0.25) is 9.59 Å². The largest absolute Gasteiger partial charge is 0.330 e. The van der Waals surface area contributed by atoms with Crippen molar-refractivity contribution in [2.75, 3.05) is 26.2 Å². The molecule has 2 unspecified atom stereocenters. The molecule has 18 heavy (non-hydrogen) atoms. The third kappa shape index (κ3) is 2.11. The molecule has 1 N–H and O–H groups in total. The molecule has 2 atom stereocenters. The van der Waals surface area contributed by atoms with Crippen LogP contribution in [0.2, 0.25) is 0 Å². The highest BCUT2D eigenvalue weighted by Crippen LogP contribution is 2.23. The van der Waals surface area contributed by atoms with Crippen LogP contribution in [0.15, 0.2) is 0 Å². The second kappa shape index (κ2) is 4.88. The van der Waals surface area contributed by atoms with Crippen molar-refractivity contribution in [3.63, 3.8) is 0 Å². The molecular formula is C13H21N3O2. The summed E-state index contributed by atoms with van der Waals surface area (Å²) in [5, 5.41) is 3.39. The monoisotopic (exact) mass is 251 g/mol. The quantitative estimate of drug-likeness (QED) is 0.749. The average Bonchev–Trinajstić information content (AvgIpc) is 2.89. The molecule has 100 valence electrons. The van der Waals surface area contributed by atoms with Crippen LogP contribution in [0.1, 0.15) is 32.1 Å². The highest BCUT2D eigenvalue weighted by molar-refractivity contribution is 5.95. The first-order valence-electron chi connectivity index (χ1n) is 7.07.